The molecule has 0 aliphatic heterocycles. The standard InChI is InChI=1S/C36H45ClN2O8/c1-39(20-30(41)34(44)35(45)31(42)21-40)33(43)9-5-2-6-23-10-13-29(37)24(18-23)22-46-36(15-16-36)28-19-38-17-14-26(28)27-7-3-4-8-32(27)47-25-11-12-25/h3-4,7-8,10,13-14,17-19,25,30-31,34-35,40-42,44-45H,2,5-6,9,11-12,15-16,20-22H2,1H3/t30-,31+,34+,35+/m1/s1. The molecule has 0 spiro atoms. The first-order valence-electron chi connectivity index (χ1n) is 16.3. The molecule has 2 saturated carbocycles. The number of carbonyl (C=O) groups excluding carboxylic acids is 1. The predicted octanol–water partition coefficient (Wildman–Crippen LogP) is 3.76. The maximum atomic E-state index is 12.6. The third kappa shape index (κ3) is 9.08. The molecule has 47 heavy (non-hydrogen) atoms. The highest BCUT2D eigenvalue weighted by atomic mass is 35.5. The summed E-state index contributed by atoms with van der Waals surface area (Å²) in [6.45, 7) is -0.637. The summed E-state index contributed by atoms with van der Waals surface area (Å²) in [7, 11) is 1.50. The number of pyridine rings is 1. The molecule has 10 nitrogen and oxygen atoms in total. The molecule has 1 amide bonds. The minimum Gasteiger partial charge on any atom is -0.490 e. The van der Waals surface area contributed by atoms with E-state index < -0.39 is 36.6 Å². The lowest BCUT2D eigenvalue weighted by atomic mass is 9.96. The number of aliphatic hydroxyl groups excluding tert-OH is 5. The molecular formula is C36H45ClN2O8. The topological polar surface area (TPSA) is 153 Å². The van der Waals surface area contributed by atoms with Crippen LogP contribution in [-0.4, -0.2) is 92.0 Å². The van der Waals surface area contributed by atoms with E-state index in [9.17, 15) is 25.2 Å². The zero-order valence-electron chi connectivity index (χ0n) is 26.7. The van der Waals surface area contributed by atoms with Gasteiger partial charge in [0.05, 0.1) is 24.9 Å². The molecule has 2 fully saturated rings. The number of hydrogen-bond donors (Lipinski definition) is 5. The first-order valence-corrected chi connectivity index (χ1v) is 16.7. The lowest BCUT2D eigenvalue weighted by molar-refractivity contribution is -0.138. The van der Waals surface area contributed by atoms with Crippen LogP contribution in [0.4, 0.5) is 0 Å². The summed E-state index contributed by atoms with van der Waals surface area (Å²) in [6, 6.07) is 16.1. The van der Waals surface area contributed by atoms with E-state index in [4.69, 9.17) is 26.2 Å². The number of para-hydroxylation sites is 1. The SMILES string of the molecule is CN(C[C@@H](O)[C@H](O)[C@@H](O)[C@@H](O)CO)C(=O)CCCCc1ccc(Cl)c(COC2(c3cnccc3-c3ccccc3OC3CC3)CC2)c1. The molecule has 11 heteroatoms. The van der Waals surface area contributed by atoms with Crippen LogP contribution in [0.1, 0.15) is 61.6 Å². The third-order valence-electron chi connectivity index (χ3n) is 8.94. The Morgan fingerprint density at radius 1 is 1.02 bits per heavy atom. The molecule has 4 atom stereocenters. The Morgan fingerprint density at radius 2 is 1.77 bits per heavy atom. The number of aromatic nitrogens is 1. The number of hydrogen-bond acceptors (Lipinski definition) is 9. The van der Waals surface area contributed by atoms with Gasteiger partial charge in [0, 0.05) is 48.6 Å². The van der Waals surface area contributed by atoms with Crippen molar-refractivity contribution in [3.63, 3.8) is 0 Å². The average Bonchev–Trinajstić information content (AvgIpc) is 4.03. The van der Waals surface area contributed by atoms with Gasteiger partial charge in [0.15, 0.2) is 0 Å². The summed E-state index contributed by atoms with van der Waals surface area (Å²) in [6.07, 6.45) is 3.78. The number of benzene rings is 2. The summed E-state index contributed by atoms with van der Waals surface area (Å²) in [5.74, 6) is 0.665. The molecule has 1 aromatic heterocycles. The van der Waals surface area contributed by atoms with E-state index in [1.165, 1.54) is 11.9 Å². The van der Waals surface area contributed by atoms with Gasteiger partial charge in [-0.25, -0.2) is 0 Å². The van der Waals surface area contributed by atoms with E-state index >= 15 is 0 Å². The Balaban J connectivity index is 1.13. The Hall–Kier alpha value is -3.09. The first-order chi connectivity index (χ1) is 22.6. The molecule has 1 heterocycles. The fourth-order valence-electron chi connectivity index (χ4n) is 5.71. The average molecular weight is 669 g/mol. The molecule has 254 valence electrons. The highest BCUT2D eigenvalue weighted by molar-refractivity contribution is 6.31. The van der Waals surface area contributed by atoms with Crippen molar-refractivity contribution < 1.29 is 39.8 Å². The maximum Gasteiger partial charge on any atom is 0.222 e. The summed E-state index contributed by atoms with van der Waals surface area (Å²) in [5, 5.41) is 49.0. The number of ether oxygens (including phenoxy) is 2. The summed E-state index contributed by atoms with van der Waals surface area (Å²) < 4.78 is 12.8. The van der Waals surface area contributed by atoms with E-state index in [2.05, 4.69) is 17.1 Å². The van der Waals surface area contributed by atoms with Crippen molar-refractivity contribution in [2.45, 2.75) is 94.1 Å². The Labute approximate surface area is 280 Å². The van der Waals surface area contributed by atoms with E-state index in [0.717, 1.165) is 72.1 Å². The maximum absolute atomic E-state index is 12.6. The number of unbranched alkanes of at least 4 members (excludes halogenated alkanes) is 1. The summed E-state index contributed by atoms with van der Waals surface area (Å²) >= 11 is 6.60. The highest BCUT2D eigenvalue weighted by Crippen LogP contribution is 2.53. The minimum absolute atomic E-state index is 0.218. The Kier molecular flexibility index (Phi) is 11.9. The molecular weight excluding hydrogens is 624 g/mol. The van der Waals surface area contributed by atoms with E-state index in [0.29, 0.717) is 24.2 Å². The van der Waals surface area contributed by atoms with Crippen LogP contribution in [-0.2, 0) is 28.2 Å². The smallest absolute Gasteiger partial charge is 0.222 e. The van der Waals surface area contributed by atoms with Gasteiger partial charge in [-0.2, -0.15) is 0 Å². The van der Waals surface area contributed by atoms with Crippen molar-refractivity contribution in [2.24, 2.45) is 0 Å². The first kappa shape index (κ1) is 35.2. The van der Waals surface area contributed by atoms with E-state index in [-0.39, 0.29) is 18.9 Å². The molecule has 2 aromatic carbocycles. The van der Waals surface area contributed by atoms with Crippen LogP contribution in [0.3, 0.4) is 0 Å². The van der Waals surface area contributed by atoms with Gasteiger partial charge in [0.2, 0.25) is 5.91 Å². The second-order valence-electron chi connectivity index (χ2n) is 12.7. The van der Waals surface area contributed by atoms with Crippen LogP contribution < -0.4 is 4.74 Å². The highest BCUT2D eigenvalue weighted by Gasteiger charge is 2.48. The zero-order chi connectivity index (χ0) is 33.6. The number of aryl methyl sites for hydroxylation is 1. The van der Waals surface area contributed by atoms with Crippen LogP contribution in [0.15, 0.2) is 60.9 Å². The number of likely N-dealkylation sites (N-methyl/N-ethyl adjacent to an activating group) is 1. The number of aliphatic hydroxyl groups is 5. The second-order valence-corrected chi connectivity index (χ2v) is 13.1. The number of carbonyl (C=O) groups is 1. The van der Waals surface area contributed by atoms with Gasteiger partial charge >= 0.3 is 0 Å². The summed E-state index contributed by atoms with van der Waals surface area (Å²) in [5.41, 5.74) is 4.70. The van der Waals surface area contributed by atoms with Crippen LogP contribution in [0, 0.1) is 0 Å². The fraction of sp³-hybridized carbons (Fsp3) is 0.500. The minimum atomic E-state index is -1.73. The molecule has 0 saturated heterocycles. The number of rotatable bonds is 18. The third-order valence-corrected chi connectivity index (χ3v) is 9.31. The number of amides is 1. The Morgan fingerprint density at radius 3 is 2.49 bits per heavy atom. The molecule has 5 N–H and O–H groups in total. The molecule has 0 unspecified atom stereocenters. The number of nitrogens with zero attached hydrogens (tertiary/aromatic N) is 2. The van der Waals surface area contributed by atoms with Gasteiger partial charge in [-0.3, -0.25) is 9.78 Å². The van der Waals surface area contributed by atoms with E-state index in [1.54, 1.807) is 6.20 Å². The second kappa shape index (κ2) is 15.9. The predicted molar refractivity (Wildman–Crippen MR) is 177 cm³/mol. The van der Waals surface area contributed by atoms with Gasteiger partial charge in [-0.05, 0) is 79.8 Å². The van der Waals surface area contributed by atoms with Crippen LogP contribution >= 0.6 is 11.6 Å². The lowest BCUT2D eigenvalue weighted by Crippen LogP contribution is -2.49. The van der Waals surface area contributed by atoms with Crippen molar-refractivity contribution >= 4 is 17.5 Å². The van der Waals surface area contributed by atoms with Crippen molar-refractivity contribution in [1.29, 1.82) is 0 Å². The zero-order valence-corrected chi connectivity index (χ0v) is 27.4. The van der Waals surface area contributed by atoms with Crippen molar-refractivity contribution in [3.05, 3.63) is 82.6 Å². The van der Waals surface area contributed by atoms with E-state index in [1.807, 2.05) is 42.6 Å². The monoisotopic (exact) mass is 668 g/mol. The van der Waals surface area contributed by atoms with Crippen molar-refractivity contribution in [3.8, 4) is 16.9 Å². The van der Waals surface area contributed by atoms with Gasteiger partial charge in [0.25, 0.3) is 0 Å². The van der Waals surface area contributed by atoms with Crippen LogP contribution in [0.25, 0.3) is 11.1 Å². The van der Waals surface area contributed by atoms with Gasteiger partial charge in [0.1, 0.15) is 30.2 Å². The van der Waals surface area contributed by atoms with Crippen molar-refractivity contribution in [1.82, 2.24) is 9.88 Å². The molecule has 3 aromatic rings. The quantitative estimate of drug-likeness (QED) is 0.128. The van der Waals surface area contributed by atoms with Crippen LogP contribution in [0.5, 0.6) is 5.75 Å². The van der Waals surface area contributed by atoms with Gasteiger partial charge < -0.3 is 39.9 Å². The molecule has 5 rings (SSSR count). The Bertz CT molecular complexity index is 1500. The van der Waals surface area contributed by atoms with Gasteiger partial charge in [-0.1, -0.05) is 41.9 Å². The number of halogens is 1. The van der Waals surface area contributed by atoms with Gasteiger partial charge in [-0.15, -0.1) is 0 Å². The van der Waals surface area contributed by atoms with Crippen LogP contribution in [0.2, 0.25) is 5.02 Å². The lowest BCUT2D eigenvalue weighted by Gasteiger charge is -2.28. The largest absolute Gasteiger partial charge is 0.490 e. The summed E-state index contributed by atoms with van der Waals surface area (Å²) in [4.78, 5) is 18.3. The fourth-order valence-corrected chi connectivity index (χ4v) is 5.89. The molecule has 2 aliphatic rings. The van der Waals surface area contributed by atoms with Crippen molar-refractivity contribution in [2.75, 3.05) is 20.2 Å². The molecule has 0 radical (unpaired) electrons. The molecule has 0 bridgehead atoms. The normalized spacial score (nSPS) is 17.9. The molecule has 2 aliphatic carbocycles.